The van der Waals surface area contributed by atoms with Crippen molar-refractivity contribution in [3.05, 3.63) is 70.5 Å². The molecule has 5 nitrogen and oxygen atoms in total. The second-order valence-corrected chi connectivity index (χ2v) is 6.47. The first-order valence-corrected chi connectivity index (χ1v) is 8.76. The molecule has 0 aliphatic carbocycles. The molecule has 0 unspecified atom stereocenters. The number of hydrogen-bond acceptors (Lipinski definition) is 5. The number of nitrogens with zero attached hydrogens (tertiary/aromatic N) is 1. The van der Waals surface area contributed by atoms with Gasteiger partial charge < -0.3 is 15.4 Å². The summed E-state index contributed by atoms with van der Waals surface area (Å²) in [4.78, 5) is 17.3. The topological polar surface area (TPSA) is 63.2 Å². The number of amides is 1. The lowest BCUT2D eigenvalue weighted by Crippen LogP contribution is -2.14. The molecule has 6 heteroatoms. The zero-order valence-electron chi connectivity index (χ0n) is 13.9. The molecule has 0 radical (unpaired) electrons. The molecule has 128 valence electrons. The molecule has 0 atom stereocenters. The van der Waals surface area contributed by atoms with Gasteiger partial charge in [0.05, 0.1) is 25.4 Å². The van der Waals surface area contributed by atoms with Crippen molar-refractivity contribution in [1.82, 2.24) is 4.98 Å². The highest BCUT2D eigenvalue weighted by Gasteiger charge is 2.05. The van der Waals surface area contributed by atoms with Crippen molar-refractivity contribution in [2.75, 3.05) is 17.7 Å². The Bertz CT molecular complexity index is 800. The first kappa shape index (κ1) is 17.0. The van der Waals surface area contributed by atoms with Crippen molar-refractivity contribution in [3.8, 4) is 5.75 Å². The van der Waals surface area contributed by atoms with E-state index in [9.17, 15) is 4.79 Å². The number of anilines is 2. The van der Waals surface area contributed by atoms with E-state index in [1.165, 1.54) is 0 Å². The van der Waals surface area contributed by atoms with E-state index in [4.69, 9.17) is 4.74 Å². The van der Waals surface area contributed by atoms with Crippen LogP contribution in [0.3, 0.4) is 0 Å². The number of hydrogen-bond donors (Lipinski definition) is 2. The first-order valence-electron chi connectivity index (χ1n) is 7.88. The van der Waals surface area contributed by atoms with Gasteiger partial charge in [0.2, 0.25) is 5.91 Å². The van der Waals surface area contributed by atoms with Crippen LogP contribution in [0.2, 0.25) is 0 Å². The predicted molar refractivity (Wildman–Crippen MR) is 101 cm³/mol. The summed E-state index contributed by atoms with van der Waals surface area (Å²) < 4.78 is 5.15. The molecule has 3 aromatic rings. The lowest BCUT2D eigenvalue weighted by Gasteiger charge is -2.08. The lowest BCUT2D eigenvalue weighted by molar-refractivity contribution is -0.115. The quantitative estimate of drug-likeness (QED) is 0.675. The molecule has 25 heavy (non-hydrogen) atoms. The van der Waals surface area contributed by atoms with Gasteiger partial charge in [0.15, 0.2) is 0 Å². The van der Waals surface area contributed by atoms with Crippen LogP contribution >= 0.6 is 11.3 Å². The fourth-order valence-corrected chi connectivity index (χ4v) is 2.98. The van der Waals surface area contributed by atoms with E-state index < -0.39 is 0 Å². The number of pyridine rings is 1. The molecular formula is C19H19N3O2S. The molecule has 3 rings (SSSR count). The molecule has 2 aromatic heterocycles. The van der Waals surface area contributed by atoms with Crippen LogP contribution in [-0.2, 0) is 17.8 Å². The molecule has 2 N–H and O–H groups in total. The van der Waals surface area contributed by atoms with Crippen molar-refractivity contribution in [2.45, 2.75) is 13.0 Å². The van der Waals surface area contributed by atoms with Crippen molar-refractivity contribution >= 4 is 28.7 Å². The van der Waals surface area contributed by atoms with Gasteiger partial charge in [0.1, 0.15) is 11.6 Å². The number of ether oxygens (including phenoxy) is 1. The van der Waals surface area contributed by atoms with Crippen LogP contribution in [0, 0.1) is 0 Å². The molecule has 0 spiro atoms. The monoisotopic (exact) mass is 353 g/mol. The molecule has 0 fully saturated rings. The molecule has 1 amide bonds. The molecule has 0 saturated carbocycles. The number of thiophene rings is 1. The normalized spacial score (nSPS) is 10.3. The highest BCUT2D eigenvalue weighted by molar-refractivity contribution is 7.10. The Kier molecular flexibility index (Phi) is 5.64. The molecule has 0 aliphatic rings. The summed E-state index contributed by atoms with van der Waals surface area (Å²) in [7, 11) is 1.65. The number of benzene rings is 1. The molecular weight excluding hydrogens is 334 g/mol. The fraction of sp³-hybridized carbons (Fsp3) is 0.158. The van der Waals surface area contributed by atoms with Crippen molar-refractivity contribution in [3.63, 3.8) is 0 Å². The maximum Gasteiger partial charge on any atom is 0.230 e. The van der Waals surface area contributed by atoms with Gasteiger partial charge in [-0.05, 0) is 41.3 Å². The highest BCUT2D eigenvalue weighted by Crippen LogP contribution is 2.15. The second kappa shape index (κ2) is 8.30. The van der Waals surface area contributed by atoms with Gasteiger partial charge in [-0.2, -0.15) is 0 Å². The van der Waals surface area contributed by atoms with E-state index in [-0.39, 0.29) is 5.91 Å². The summed E-state index contributed by atoms with van der Waals surface area (Å²) in [6, 6.07) is 15.5. The van der Waals surface area contributed by atoms with E-state index in [1.54, 1.807) is 30.7 Å². The molecule has 0 aliphatic heterocycles. The zero-order valence-corrected chi connectivity index (χ0v) is 14.7. The maximum atomic E-state index is 12.0. The number of carbonyl (C=O) groups excluding carboxylic acids is 1. The number of aromatic nitrogens is 1. The minimum atomic E-state index is -0.0612. The summed E-state index contributed by atoms with van der Waals surface area (Å²) >= 11 is 1.57. The van der Waals surface area contributed by atoms with Gasteiger partial charge in [-0.3, -0.25) is 4.79 Å². The Morgan fingerprint density at radius 3 is 2.64 bits per heavy atom. The third-order valence-corrected chi connectivity index (χ3v) is 4.48. The van der Waals surface area contributed by atoms with Gasteiger partial charge in [0, 0.05) is 11.4 Å². The molecule has 0 saturated heterocycles. The van der Waals surface area contributed by atoms with Gasteiger partial charge >= 0.3 is 0 Å². The van der Waals surface area contributed by atoms with Crippen molar-refractivity contribution < 1.29 is 9.53 Å². The third-order valence-electron chi connectivity index (χ3n) is 3.60. The number of nitrogens with one attached hydrogen (secondary N) is 2. The Labute approximate surface area is 150 Å². The van der Waals surface area contributed by atoms with Crippen LogP contribution < -0.4 is 15.4 Å². The van der Waals surface area contributed by atoms with Gasteiger partial charge in [-0.25, -0.2) is 4.98 Å². The Balaban J connectivity index is 1.50. The zero-order chi connectivity index (χ0) is 17.5. The van der Waals surface area contributed by atoms with Gasteiger partial charge in [0.25, 0.3) is 0 Å². The molecule has 1 aromatic carbocycles. The van der Waals surface area contributed by atoms with Crippen LogP contribution in [-0.4, -0.2) is 18.0 Å². The highest BCUT2D eigenvalue weighted by atomic mass is 32.1. The van der Waals surface area contributed by atoms with Crippen LogP contribution in [0.25, 0.3) is 0 Å². The van der Waals surface area contributed by atoms with Gasteiger partial charge in [-0.15, -0.1) is 11.3 Å². The van der Waals surface area contributed by atoms with Crippen LogP contribution in [0.4, 0.5) is 11.5 Å². The van der Waals surface area contributed by atoms with E-state index in [2.05, 4.69) is 15.6 Å². The average Bonchev–Trinajstić information content (AvgIpc) is 3.14. The van der Waals surface area contributed by atoms with E-state index >= 15 is 0 Å². The summed E-state index contributed by atoms with van der Waals surface area (Å²) in [6.45, 7) is 0.690. The fourth-order valence-electron chi connectivity index (χ4n) is 2.28. The predicted octanol–water partition coefficient (Wildman–Crippen LogP) is 3.95. The summed E-state index contributed by atoms with van der Waals surface area (Å²) in [6.07, 6.45) is 2.08. The van der Waals surface area contributed by atoms with E-state index in [1.807, 2.05) is 47.8 Å². The Morgan fingerprint density at radius 1 is 1.16 bits per heavy atom. The Hall–Kier alpha value is -2.86. The van der Waals surface area contributed by atoms with Crippen LogP contribution in [0.1, 0.15) is 10.4 Å². The molecule has 2 heterocycles. The standard InChI is InChI=1S/C19H19N3O2S/c1-24-16-7-4-14(5-8-16)12-20-15-6-9-18(21-13-15)22-19(23)11-17-3-2-10-25-17/h2-10,13,20H,11-12H2,1H3,(H,21,22,23). The number of rotatable bonds is 7. The number of methoxy groups -OCH3 is 1. The maximum absolute atomic E-state index is 12.0. The second-order valence-electron chi connectivity index (χ2n) is 5.44. The molecule has 0 bridgehead atoms. The van der Waals surface area contributed by atoms with Crippen molar-refractivity contribution in [2.24, 2.45) is 0 Å². The summed E-state index contributed by atoms with van der Waals surface area (Å²) in [5, 5.41) is 8.07. The van der Waals surface area contributed by atoms with Crippen molar-refractivity contribution in [1.29, 1.82) is 0 Å². The average molecular weight is 353 g/mol. The van der Waals surface area contributed by atoms with Crippen LogP contribution in [0.5, 0.6) is 5.75 Å². The third kappa shape index (κ3) is 5.06. The van der Waals surface area contributed by atoms with Crippen LogP contribution in [0.15, 0.2) is 60.1 Å². The van der Waals surface area contributed by atoms with E-state index in [0.29, 0.717) is 18.8 Å². The number of carbonyl (C=O) groups is 1. The summed E-state index contributed by atoms with van der Waals surface area (Å²) in [5.74, 6) is 1.33. The lowest BCUT2D eigenvalue weighted by atomic mass is 10.2. The first-order chi connectivity index (χ1) is 12.2. The minimum absolute atomic E-state index is 0.0612. The minimum Gasteiger partial charge on any atom is -0.497 e. The van der Waals surface area contributed by atoms with E-state index in [0.717, 1.165) is 21.9 Å². The largest absolute Gasteiger partial charge is 0.497 e. The SMILES string of the molecule is COc1ccc(CNc2ccc(NC(=O)Cc3cccs3)nc2)cc1. The van der Waals surface area contributed by atoms with Gasteiger partial charge in [-0.1, -0.05) is 18.2 Å². The summed E-state index contributed by atoms with van der Waals surface area (Å²) in [5.41, 5.74) is 2.04. The smallest absolute Gasteiger partial charge is 0.230 e. The Morgan fingerprint density at radius 2 is 2.00 bits per heavy atom.